The van der Waals surface area contributed by atoms with Gasteiger partial charge in [0, 0.05) is 39.1 Å². The summed E-state index contributed by atoms with van der Waals surface area (Å²) in [7, 11) is 0. The molecular weight excluding hydrogens is 498 g/mol. The molecule has 9 heteroatoms. The van der Waals surface area contributed by atoms with Crippen LogP contribution in [-0.4, -0.2) is 78.6 Å². The van der Waals surface area contributed by atoms with Crippen molar-refractivity contribution in [2.24, 2.45) is 11.8 Å². The predicted molar refractivity (Wildman–Crippen MR) is 148 cm³/mol. The van der Waals surface area contributed by atoms with Gasteiger partial charge in [0.25, 0.3) is 0 Å². The molecule has 1 unspecified atom stereocenters. The van der Waals surface area contributed by atoms with E-state index in [2.05, 4.69) is 5.32 Å². The first-order valence-corrected chi connectivity index (χ1v) is 14.3. The average molecular weight is 544 g/mol. The largest absolute Gasteiger partial charge is 0.465 e. The molecule has 3 rings (SSSR count). The Morgan fingerprint density at radius 2 is 1.69 bits per heavy atom. The van der Waals surface area contributed by atoms with Crippen molar-refractivity contribution in [1.29, 1.82) is 0 Å². The summed E-state index contributed by atoms with van der Waals surface area (Å²) in [6, 6.07) is 9.31. The molecule has 0 radical (unpaired) electrons. The minimum Gasteiger partial charge on any atom is -0.465 e. The Morgan fingerprint density at radius 1 is 1.00 bits per heavy atom. The zero-order valence-corrected chi connectivity index (χ0v) is 23.9. The third-order valence-corrected chi connectivity index (χ3v) is 7.43. The number of benzene rings is 1. The second kappa shape index (κ2) is 14.3. The van der Waals surface area contributed by atoms with Crippen LogP contribution in [0.25, 0.3) is 0 Å². The Hall–Kier alpha value is -3.10. The fraction of sp³-hybridized carbons (Fsp3) is 0.667. The molecule has 2 atom stereocenters. The molecule has 0 spiro atoms. The summed E-state index contributed by atoms with van der Waals surface area (Å²) in [5.74, 6) is -0.879. The highest BCUT2D eigenvalue weighted by Crippen LogP contribution is 2.25. The van der Waals surface area contributed by atoms with Crippen molar-refractivity contribution >= 4 is 23.9 Å². The van der Waals surface area contributed by atoms with Crippen molar-refractivity contribution in [2.75, 3.05) is 39.3 Å². The van der Waals surface area contributed by atoms with Crippen molar-refractivity contribution in [1.82, 2.24) is 15.1 Å². The van der Waals surface area contributed by atoms with Crippen LogP contribution in [0.5, 0.6) is 0 Å². The first kappa shape index (κ1) is 30.4. The molecule has 2 aliphatic heterocycles. The van der Waals surface area contributed by atoms with Gasteiger partial charge in [0.15, 0.2) is 0 Å². The number of ether oxygens (including phenoxy) is 2. The van der Waals surface area contributed by atoms with E-state index in [4.69, 9.17) is 9.47 Å². The van der Waals surface area contributed by atoms with Crippen molar-refractivity contribution in [3.63, 3.8) is 0 Å². The van der Waals surface area contributed by atoms with Gasteiger partial charge < -0.3 is 24.6 Å². The molecule has 1 aromatic rings. The van der Waals surface area contributed by atoms with Gasteiger partial charge in [-0.1, -0.05) is 30.3 Å². The number of piperidine rings is 2. The Morgan fingerprint density at radius 3 is 2.33 bits per heavy atom. The Balaban J connectivity index is 1.43. The van der Waals surface area contributed by atoms with Crippen molar-refractivity contribution in [3.05, 3.63) is 35.9 Å². The van der Waals surface area contributed by atoms with E-state index >= 15 is 0 Å². The van der Waals surface area contributed by atoms with Crippen molar-refractivity contribution in [3.8, 4) is 0 Å². The monoisotopic (exact) mass is 543 g/mol. The number of nitrogens with zero attached hydrogens (tertiary/aromatic N) is 2. The first-order valence-electron chi connectivity index (χ1n) is 14.3. The highest BCUT2D eigenvalue weighted by atomic mass is 16.6. The Labute approximate surface area is 232 Å². The van der Waals surface area contributed by atoms with Gasteiger partial charge in [0.05, 0.1) is 18.4 Å². The van der Waals surface area contributed by atoms with Gasteiger partial charge in [-0.05, 0) is 71.3 Å². The molecule has 2 aliphatic rings. The molecule has 1 aromatic carbocycles. The minimum absolute atomic E-state index is 0.0794. The molecule has 9 nitrogen and oxygen atoms in total. The standard InChI is InChI=1S/C30H45N3O6/c1-5-38-28(36)25(23-10-7-6-8-11-23)20-31-27(35)24-12-9-17-33(21-24)26(34)14-13-22-15-18-32(19-16-22)29(37)39-30(2,3)4/h6-8,10-11,22,24-25H,5,9,12-21H2,1-4H3,(H,31,35)/t24-,25?/m1/s1. The SMILES string of the molecule is CCOC(=O)C(CNC(=O)[C@@H]1CCCN(C(=O)CCC2CCN(C(=O)OC(C)(C)C)CC2)C1)c1ccccc1. The fourth-order valence-electron chi connectivity index (χ4n) is 5.25. The van der Waals surface area contributed by atoms with E-state index in [0.29, 0.717) is 44.9 Å². The summed E-state index contributed by atoms with van der Waals surface area (Å²) in [6.07, 6.45) is 4.18. The van der Waals surface area contributed by atoms with Crippen LogP contribution in [0, 0.1) is 11.8 Å². The number of hydrogen-bond donors (Lipinski definition) is 1. The molecule has 39 heavy (non-hydrogen) atoms. The summed E-state index contributed by atoms with van der Waals surface area (Å²) in [5, 5.41) is 2.94. The fourth-order valence-corrected chi connectivity index (χ4v) is 5.25. The lowest BCUT2D eigenvalue weighted by molar-refractivity contribution is -0.145. The molecule has 3 amide bonds. The third-order valence-electron chi connectivity index (χ3n) is 7.43. The normalized spacial score (nSPS) is 19.2. The molecule has 0 aromatic heterocycles. The molecular formula is C30H45N3O6. The van der Waals surface area contributed by atoms with Gasteiger partial charge in [0.1, 0.15) is 5.60 Å². The van der Waals surface area contributed by atoms with E-state index in [1.165, 1.54) is 0 Å². The molecule has 0 aliphatic carbocycles. The van der Waals surface area contributed by atoms with Gasteiger partial charge >= 0.3 is 12.1 Å². The Kier molecular flexibility index (Phi) is 11.2. The predicted octanol–water partition coefficient (Wildman–Crippen LogP) is 4.12. The van der Waals surface area contributed by atoms with Crippen LogP contribution in [0.1, 0.15) is 77.7 Å². The van der Waals surface area contributed by atoms with Gasteiger partial charge in [-0.15, -0.1) is 0 Å². The van der Waals surface area contributed by atoms with Gasteiger partial charge in [0.2, 0.25) is 11.8 Å². The zero-order valence-electron chi connectivity index (χ0n) is 23.9. The number of amides is 3. The van der Waals surface area contributed by atoms with Crippen LogP contribution < -0.4 is 5.32 Å². The lowest BCUT2D eigenvalue weighted by Crippen LogP contribution is -2.46. The van der Waals surface area contributed by atoms with Crippen molar-refractivity contribution in [2.45, 2.75) is 77.7 Å². The van der Waals surface area contributed by atoms with E-state index in [1.54, 1.807) is 11.8 Å². The molecule has 0 saturated carbocycles. The number of carbonyl (C=O) groups excluding carboxylic acids is 4. The topological polar surface area (TPSA) is 105 Å². The minimum atomic E-state index is -0.571. The maximum absolute atomic E-state index is 13.0. The number of esters is 1. The van der Waals surface area contributed by atoms with Crippen LogP contribution in [-0.2, 0) is 23.9 Å². The second-order valence-corrected chi connectivity index (χ2v) is 11.6. The van der Waals surface area contributed by atoms with Crippen LogP contribution in [0.2, 0.25) is 0 Å². The lowest BCUT2D eigenvalue weighted by atomic mass is 9.91. The molecule has 0 bridgehead atoms. The van der Waals surface area contributed by atoms with E-state index < -0.39 is 11.5 Å². The third kappa shape index (κ3) is 9.55. The number of nitrogens with one attached hydrogen (secondary N) is 1. The maximum atomic E-state index is 13.0. The summed E-state index contributed by atoms with van der Waals surface area (Å²) in [4.78, 5) is 54.4. The highest BCUT2D eigenvalue weighted by Gasteiger charge is 2.31. The van der Waals surface area contributed by atoms with Crippen LogP contribution >= 0.6 is 0 Å². The quantitative estimate of drug-likeness (QED) is 0.470. The number of carbonyl (C=O) groups is 4. The number of rotatable bonds is 9. The number of hydrogen-bond acceptors (Lipinski definition) is 6. The van der Waals surface area contributed by atoms with Gasteiger partial charge in [-0.25, -0.2) is 4.79 Å². The molecule has 216 valence electrons. The van der Waals surface area contributed by atoms with E-state index in [1.807, 2.05) is 56.0 Å². The molecule has 1 N–H and O–H groups in total. The zero-order chi connectivity index (χ0) is 28.4. The molecule has 2 heterocycles. The van der Waals surface area contributed by atoms with Crippen LogP contribution in [0.4, 0.5) is 4.79 Å². The summed E-state index contributed by atoms with van der Waals surface area (Å²) in [6.45, 7) is 10.2. The van der Waals surface area contributed by atoms with E-state index in [9.17, 15) is 19.2 Å². The van der Waals surface area contributed by atoms with Crippen molar-refractivity contribution < 1.29 is 28.7 Å². The summed E-state index contributed by atoms with van der Waals surface area (Å²) in [5.41, 5.74) is 0.294. The van der Waals surface area contributed by atoms with E-state index in [0.717, 1.165) is 31.2 Å². The molecule has 2 fully saturated rings. The molecule has 2 saturated heterocycles. The smallest absolute Gasteiger partial charge is 0.410 e. The van der Waals surface area contributed by atoms with Gasteiger partial charge in [-0.2, -0.15) is 0 Å². The summed E-state index contributed by atoms with van der Waals surface area (Å²) < 4.78 is 10.7. The van der Waals surface area contributed by atoms with Gasteiger partial charge in [-0.3, -0.25) is 14.4 Å². The average Bonchev–Trinajstić information content (AvgIpc) is 2.92. The first-order chi connectivity index (χ1) is 18.6. The highest BCUT2D eigenvalue weighted by molar-refractivity contribution is 5.83. The lowest BCUT2D eigenvalue weighted by Gasteiger charge is -2.34. The summed E-state index contributed by atoms with van der Waals surface area (Å²) >= 11 is 0. The van der Waals surface area contributed by atoms with E-state index in [-0.39, 0.29) is 42.9 Å². The number of likely N-dealkylation sites (tertiary alicyclic amines) is 2. The maximum Gasteiger partial charge on any atom is 0.410 e. The van der Waals surface area contributed by atoms with Crippen LogP contribution in [0.15, 0.2) is 30.3 Å². The van der Waals surface area contributed by atoms with Crippen LogP contribution in [0.3, 0.4) is 0 Å². The Bertz CT molecular complexity index is 969. The second-order valence-electron chi connectivity index (χ2n) is 11.6.